The lowest BCUT2D eigenvalue weighted by Gasteiger charge is -2.03. The Labute approximate surface area is 132 Å². The minimum atomic E-state index is -0.480. The number of non-ortho nitro benzene ring substituents is 1. The number of ketones is 1. The minimum Gasteiger partial charge on any atom is -0.326 e. The first-order chi connectivity index (χ1) is 11.0. The molecule has 0 aliphatic carbocycles. The molecule has 1 amide bonds. The van der Waals surface area contributed by atoms with E-state index in [-0.39, 0.29) is 17.4 Å². The normalized spacial score (nSPS) is 10.5. The number of hydrogen-bond acceptors (Lipinski definition) is 4. The molecular weight excluding hydrogens is 296 g/mol. The first-order valence-corrected chi connectivity index (χ1v) is 6.80. The van der Waals surface area contributed by atoms with Crippen LogP contribution in [0.5, 0.6) is 0 Å². The van der Waals surface area contributed by atoms with Crippen LogP contribution in [0.15, 0.2) is 54.6 Å². The zero-order valence-corrected chi connectivity index (χ0v) is 12.4. The van der Waals surface area contributed by atoms with E-state index >= 15 is 0 Å². The van der Waals surface area contributed by atoms with Crippen LogP contribution in [0.4, 0.5) is 11.4 Å². The number of nitrogens with zero attached hydrogens (tertiary/aromatic N) is 1. The summed E-state index contributed by atoms with van der Waals surface area (Å²) >= 11 is 0. The predicted molar refractivity (Wildman–Crippen MR) is 87.2 cm³/mol. The summed E-state index contributed by atoms with van der Waals surface area (Å²) in [5.74, 6) is -0.438. The van der Waals surface area contributed by atoms with Gasteiger partial charge in [0.15, 0.2) is 5.78 Å². The second-order valence-corrected chi connectivity index (χ2v) is 4.81. The third kappa shape index (κ3) is 4.60. The molecule has 1 N–H and O–H groups in total. The van der Waals surface area contributed by atoms with Gasteiger partial charge in [-0.25, -0.2) is 0 Å². The lowest BCUT2D eigenvalue weighted by molar-refractivity contribution is -0.384. The van der Waals surface area contributed by atoms with E-state index in [0.717, 1.165) is 0 Å². The van der Waals surface area contributed by atoms with Crippen molar-refractivity contribution in [3.63, 3.8) is 0 Å². The molecule has 0 fully saturated rings. The zero-order chi connectivity index (χ0) is 16.8. The Kier molecular flexibility index (Phi) is 4.99. The monoisotopic (exact) mass is 310 g/mol. The van der Waals surface area contributed by atoms with Crippen LogP contribution in [0, 0.1) is 10.1 Å². The number of allylic oxidation sites excluding steroid dienone is 1. The van der Waals surface area contributed by atoms with Crippen LogP contribution in [-0.4, -0.2) is 16.6 Å². The van der Waals surface area contributed by atoms with E-state index in [4.69, 9.17) is 0 Å². The van der Waals surface area contributed by atoms with Gasteiger partial charge in [0, 0.05) is 30.3 Å². The first-order valence-electron chi connectivity index (χ1n) is 6.80. The number of benzene rings is 2. The maximum Gasteiger partial charge on any atom is 0.269 e. The highest BCUT2D eigenvalue weighted by molar-refractivity contribution is 6.07. The SMILES string of the molecule is CC(=O)Nc1cccc(C(=O)/C=C/c2ccc([N+](=O)[O-])cc2)c1. The third-order valence-electron chi connectivity index (χ3n) is 3.00. The minimum absolute atomic E-state index is 0.00325. The second-order valence-electron chi connectivity index (χ2n) is 4.81. The summed E-state index contributed by atoms with van der Waals surface area (Å²) in [5, 5.41) is 13.2. The van der Waals surface area contributed by atoms with Crippen molar-refractivity contribution < 1.29 is 14.5 Å². The van der Waals surface area contributed by atoms with Crippen molar-refractivity contribution in [2.24, 2.45) is 0 Å². The number of hydrogen-bond donors (Lipinski definition) is 1. The van der Waals surface area contributed by atoms with Crippen LogP contribution in [0.2, 0.25) is 0 Å². The Bertz CT molecular complexity index is 779. The van der Waals surface area contributed by atoms with Gasteiger partial charge in [-0.15, -0.1) is 0 Å². The van der Waals surface area contributed by atoms with Gasteiger partial charge in [0.25, 0.3) is 5.69 Å². The maximum atomic E-state index is 12.1. The standard InChI is InChI=1S/C17H14N2O4/c1-12(20)18-15-4-2-3-14(11-15)17(21)10-7-13-5-8-16(9-6-13)19(22)23/h2-11H,1H3,(H,18,20)/b10-7+. The van der Waals surface area contributed by atoms with Gasteiger partial charge in [0.05, 0.1) is 4.92 Å². The molecule has 6 heteroatoms. The van der Waals surface area contributed by atoms with Crippen LogP contribution in [-0.2, 0) is 4.79 Å². The van der Waals surface area contributed by atoms with Crippen molar-refractivity contribution in [2.75, 3.05) is 5.32 Å². The van der Waals surface area contributed by atoms with E-state index in [0.29, 0.717) is 16.8 Å². The molecule has 0 spiro atoms. The highest BCUT2D eigenvalue weighted by Crippen LogP contribution is 2.15. The molecule has 0 heterocycles. The lowest BCUT2D eigenvalue weighted by atomic mass is 10.1. The molecule has 0 bridgehead atoms. The van der Waals surface area contributed by atoms with Gasteiger partial charge in [0.1, 0.15) is 0 Å². The summed E-state index contributed by atoms with van der Waals surface area (Å²) in [5.41, 5.74) is 1.67. The Morgan fingerprint density at radius 1 is 1.13 bits per heavy atom. The second kappa shape index (κ2) is 7.13. The fraction of sp³-hybridized carbons (Fsp3) is 0.0588. The number of nitro benzene ring substituents is 1. The molecule has 0 aromatic heterocycles. The van der Waals surface area contributed by atoms with E-state index in [1.54, 1.807) is 42.5 Å². The van der Waals surface area contributed by atoms with Crippen molar-refractivity contribution in [3.8, 4) is 0 Å². The molecule has 0 atom stereocenters. The molecule has 116 valence electrons. The Hall–Kier alpha value is -3.28. The molecule has 2 rings (SSSR count). The molecule has 0 unspecified atom stereocenters. The summed E-state index contributed by atoms with van der Waals surface area (Å²) in [4.78, 5) is 33.2. The summed E-state index contributed by atoms with van der Waals surface area (Å²) in [6, 6.07) is 12.5. The Balaban J connectivity index is 2.11. The van der Waals surface area contributed by atoms with E-state index in [9.17, 15) is 19.7 Å². The van der Waals surface area contributed by atoms with Crippen molar-refractivity contribution in [1.29, 1.82) is 0 Å². The van der Waals surface area contributed by atoms with Crippen molar-refractivity contribution in [1.82, 2.24) is 0 Å². The topological polar surface area (TPSA) is 89.3 Å². The summed E-state index contributed by atoms with van der Waals surface area (Å²) in [6.45, 7) is 1.39. The quantitative estimate of drug-likeness (QED) is 0.396. The molecule has 6 nitrogen and oxygen atoms in total. The van der Waals surface area contributed by atoms with Gasteiger partial charge in [-0.3, -0.25) is 19.7 Å². The highest BCUT2D eigenvalue weighted by atomic mass is 16.6. The van der Waals surface area contributed by atoms with Gasteiger partial charge >= 0.3 is 0 Å². The summed E-state index contributed by atoms with van der Waals surface area (Å²) in [6.07, 6.45) is 2.96. The van der Waals surface area contributed by atoms with Gasteiger partial charge in [-0.05, 0) is 35.9 Å². The maximum absolute atomic E-state index is 12.1. The molecule has 2 aromatic carbocycles. The molecule has 2 aromatic rings. The Morgan fingerprint density at radius 2 is 1.83 bits per heavy atom. The largest absolute Gasteiger partial charge is 0.326 e. The number of amides is 1. The number of anilines is 1. The number of rotatable bonds is 5. The van der Waals surface area contributed by atoms with E-state index in [2.05, 4.69) is 5.32 Å². The van der Waals surface area contributed by atoms with Crippen LogP contribution >= 0.6 is 0 Å². The fourth-order valence-electron chi connectivity index (χ4n) is 1.93. The van der Waals surface area contributed by atoms with Gasteiger partial charge < -0.3 is 5.32 Å². The molecular formula is C17H14N2O4. The van der Waals surface area contributed by atoms with Crippen LogP contribution in [0.25, 0.3) is 6.08 Å². The third-order valence-corrected chi connectivity index (χ3v) is 3.00. The van der Waals surface area contributed by atoms with Crippen molar-refractivity contribution in [2.45, 2.75) is 6.92 Å². The first kappa shape index (κ1) is 16.1. The predicted octanol–water partition coefficient (Wildman–Crippen LogP) is 3.45. The van der Waals surface area contributed by atoms with Crippen LogP contribution in [0.3, 0.4) is 0 Å². The number of nitrogens with one attached hydrogen (secondary N) is 1. The van der Waals surface area contributed by atoms with Gasteiger partial charge in [-0.2, -0.15) is 0 Å². The lowest BCUT2D eigenvalue weighted by Crippen LogP contribution is -2.06. The van der Waals surface area contributed by atoms with E-state index < -0.39 is 4.92 Å². The average molecular weight is 310 g/mol. The molecule has 0 radical (unpaired) electrons. The summed E-state index contributed by atoms with van der Waals surface area (Å²) in [7, 11) is 0. The molecule has 23 heavy (non-hydrogen) atoms. The number of carbonyl (C=O) groups excluding carboxylic acids is 2. The number of carbonyl (C=O) groups is 2. The average Bonchev–Trinajstić information content (AvgIpc) is 2.52. The van der Waals surface area contributed by atoms with Gasteiger partial charge in [-0.1, -0.05) is 18.2 Å². The van der Waals surface area contributed by atoms with Crippen molar-refractivity contribution in [3.05, 3.63) is 75.8 Å². The van der Waals surface area contributed by atoms with Crippen molar-refractivity contribution >= 4 is 29.1 Å². The Morgan fingerprint density at radius 3 is 2.43 bits per heavy atom. The molecule has 0 aliphatic heterocycles. The zero-order valence-electron chi connectivity index (χ0n) is 12.4. The highest BCUT2D eigenvalue weighted by Gasteiger charge is 2.05. The van der Waals surface area contributed by atoms with E-state index in [1.807, 2.05) is 0 Å². The van der Waals surface area contributed by atoms with Gasteiger partial charge in [0.2, 0.25) is 5.91 Å². The fourth-order valence-corrected chi connectivity index (χ4v) is 1.93. The smallest absolute Gasteiger partial charge is 0.269 e. The molecule has 0 saturated heterocycles. The number of nitro groups is 1. The summed E-state index contributed by atoms with van der Waals surface area (Å²) < 4.78 is 0. The van der Waals surface area contributed by atoms with E-state index in [1.165, 1.54) is 25.1 Å². The van der Waals surface area contributed by atoms with Crippen LogP contribution in [0.1, 0.15) is 22.8 Å². The molecule has 0 saturated carbocycles. The molecule has 0 aliphatic rings. The van der Waals surface area contributed by atoms with Crippen LogP contribution < -0.4 is 5.32 Å².